The van der Waals surface area contributed by atoms with Crippen molar-refractivity contribution in [1.29, 1.82) is 0 Å². The Morgan fingerprint density at radius 1 is 1.40 bits per heavy atom. The number of thioether (sulfide) groups is 1. The number of hydrogen-bond acceptors (Lipinski definition) is 3. The summed E-state index contributed by atoms with van der Waals surface area (Å²) in [7, 11) is 0. The molecule has 0 aliphatic heterocycles. The molecule has 15 heavy (non-hydrogen) atoms. The van der Waals surface area contributed by atoms with Gasteiger partial charge < -0.3 is 10.4 Å². The number of hydrogen-bond donors (Lipinski definition) is 2. The zero-order valence-corrected chi connectivity index (χ0v) is 9.51. The number of phenolic OH excluding ortho intramolecular Hbond substituents is 1. The molecular formula is C11H15NO2S. The Hall–Kier alpha value is -1.16. The minimum atomic E-state index is -0.0471. The lowest BCUT2D eigenvalue weighted by molar-refractivity contribution is 0.260. The van der Waals surface area contributed by atoms with Crippen LogP contribution in [-0.4, -0.2) is 16.9 Å². The van der Waals surface area contributed by atoms with Crippen LogP contribution < -0.4 is 5.32 Å². The standard InChI is InChI=1S/C11H15NO2S/c1-2-3-8-12-11(14)15-10-6-4-9(13)5-7-10/h4-7,13H,2-3,8H2,1H3,(H,12,14). The lowest BCUT2D eigenvalue weighted by Crippen LogP contribution is -2.19. The van der Waals surface area contributed by atoms with Crippen LogP contribution in [0.5, 0.6) is 5.75 Å². The molecule has 82 valence electrons. The summed E-state index contributed by atoms with van der Waals surface area (Å²) in [6, 6.07) is 6.59. The van der Waals surface area contributed by atoms with Gasteiger partial charge in [0.05, 0.1) is 0 Å². The molecule has 0 aromatic heterocycles. The maximum atomic E-state index is 11.4. The van der Waals surface area contributed by atoms with Crippen molar-refractivity contribution in [2.75, 3.05) is 6.54 Å². The Balaban J connectivity index is 2.34. The highest BCUT2D eigenvalue weighted by Gasteiger charge is 2.02. The van der Waals surface area contributed by atoms with Crippen molar-refractivity contribution >= 4 is 17.0 Å². The summed E-state index contributed by atoms with van der Waals surface area (Å²) in [6.07, 6.45) is 2.08. The molecule has 1 aromatic rings. The second-order valence-electron chi connectivity index (χ2n) is 3.16. The van der Waals surface area contributed by atoms with Crippen LogP contribution in [0.4, 0.5) is 4.79 Å². The van der Waals surface area contributed by atoms with E-state index in [1.54, 1.807) is 24.3 Å². The van der Waals surface area contributed by atoms with Crippen LogP contribution in [0.2, 0.25) is 0 Å². The summed E-state index contributed by atoms with van der Waals surface area (Å²) >= 11 is 1.14. The molecular weight excluding hydrogens is 210 g/mol. The molecule has 0 aliphatic carbocycles. The molecule has 2 N–H and O–H groups in total. The maximum absolute atomic E-state index is 11.4. The van der Waals surface area contributed by atoms with Crippen molar-refractivity contribution < 1.29 is 9.90 Å². The normalized spacial score (nSPS) is 9.93. The monoisotopic (exact) mass is 225 g/mol. The van der Waals surface area contributed by atoms with Gasteiger partial charge in [0.1, 0.15) is 5.75 Å². The highest BCUT2D eigenvalue weighted by atomic mass is 32.2. The Morgan fingerprint density at radius 3 is 2.67 bits per heavy atom. The van der Waals surface area contributed by atoms with Gasteiger partial charge in [0.15, 0.2) is 0 Å². The van der Waals surface area contributed by atoms with Crippen LogP contribution >= 0.6 is 11.8 Å². The summed E-state index contributed by atoms with van der Waals surface area (Å²) in [5.41, 5.74) is 0. The minimum Gasteiger partial charge on any atom is -0.508 e. The molecule has 3 nitrogen and oxygen atoms in total. The highest BCUT2D eigenvalue weighted by Crippen LogP contribution is 2.20. The molecule has 0 bridgehead atoms. The zero-order chi connectivity index (χ0) is 11.1. The average molecular weight is 225 g/mol. The minimum absolute atomic E-state index is 0.0471. The predicted octanol–water partition coefficient (Wildman–Crippen LogP) is 2.99. The van der Waals surface area contributed by atoms with Crippen molar-refractivity contribution in [1.82, 2.24) is 5.32 Å². The van der Waals surface area contributed by atoms with Gasteiger partial charge in [-0.3, -0.25) is 4.79 Å². The third kappa shape index (κ3) is 4.74. The van der Waals surface area contributed by atoms with E-state index in [0.29, 0.717) is 0 Å². The Kier molecular flexibility index (Phi) is 5.04. The maximum Gasteiger partial charge on any atom is 0.283 e. The molecule has 0 atom stereocenters. The molecule has 0 radical (unpaired) electrons. The number of benzene rings is 1. The third-order valence-corrected chi connectivity index (χ3v) is 2.68. The van der Waals surface area contributed by atoms with Gasteiger partial charge in [-0.2, -0.15) is 0 Å². The van der Waals surface area contributed by atoms with Gasteiger partial charge >= 0.3 is 0 Å². The molecule has 0 spiro atoms. The van der Waals surface area contributed by atoms with Crippen molar-refractivity contribution in [3.63, 3.8) is 0 Å². The summed E-state index contributed by atoms with van der Waals surface area (Å²) in [6.45, 7) is 2.81. The first-order valence-corrected chi connectivity index (χ1v) is 5.78. The van der Waals surface area contributed by atoms with E-state index in [4.69, 9.17) is 5.11 Å². The lowest BCUT2D eigenvalue weighted by Gasteiger charge is -2.03. The van der Waals surface area contributed by atoms with Gasteiger partial charge in [-0.15, -0.1) is 0 Å². The second-order valence-corrected chi connectivity index (χ2v) is 4.21. The predicted molar refractivity (Wildman–Crippen MR) is 62.3 cm³/mol. The molecule has 4 heteroatoms. The van der Waals surface area contributed by atoms with Crippen LogP contribution in [-0.2, 0) is 0 Å². The van der Waals surface area contributed by atoms with Gasteiger partial charge in [-0.1, -0.05) is 13.3 Å². The number of carbonyl (C=O) groups excluding carboxylic acids is 1. The van der Waals surface area contributed by atoms with Crippen LogP contribution in [0.25, 0.3) is 0 Å². The van der Waals surface area contributed by atoms with Crippen LogP contribution in [0.1, 0.15) is 19.8 Å². The molecule has 0 aliphatic rings. The number of amides is 1. The van der Waals surface area contributed by atoms with Gasteiger partial charge in [0, 0.05) is 11.4 Å². The number of rotatable bonds is 4. The average Bonchev–Trinajstić information content (AvgIpc) is 2.22. The van der Waals surface area contributed by atoms with E-state index >= 15 is 0 Å². The van der Waals surface area contributed by atoms with Gasteiger partial charge in [-0.25, -0.2) is 0 Å². The summed E-state index contributed by atoms with van der Waals surface area (Å²) in [5, 5.41) is 11.8. The van der Waals surface area contributed by atoms with Gasteiger partial charge in [-0.05, 0) is 42.4 Å². The van der Waals surface area contributed by atoms with E-state index in [0.717, 1.165) is 36.0 Å². The fraction of sp³-hybridized carbons (Fsp3) is 0.364. The molecule has 1 aromatic carbocycles. The van der Waals surface area contributed by atoms with Crippen molar-refractivity contribution in [3.8, 4) is 5.75 Å². The van der Waals surface area contributed by atoms with E-state index in [1.807, 2.05) is 0 Å². The first-order chi connectivity index (χ1) is 7.22. The number of unbranched alkanes of at least 4 members (excludes halogenated alkanes) is 1. The highest BCUT2D eigenvalue weighted by molar-refractivity contribution is 8.13. The Labute approximate surface area is 93.9 Å². The molecule has 0 fully saturated rings. The van der Waals surface area contributed by atoms with E-state index in [-0.39, 0.29) is 11.0 Å². The van der Waals surface area contributed by atoms with Crippen LogP contribution in [0.3, 0.4) is 0 Å². The Morgan fingerprint density at radius 2 is 2.07 bits per heavy atom. The fourth-order valence-electron chi connectivity index (χ4n) is 1.02. The summed E-state index contributed by atoms with van der Waals surface area (Å²) in [5.74, 6) is 0.214. The first kappa shape index (κ1) is 11.9. The molecule has 0 saturated carbocycles. The summed E-state index contributed by atoms with van der Waals surface area (Å²) in [4.78, 5) is 12.2. The van der Waals surface area contributed by atoms with E-state index in [2.05, 4.69) is 12.2 Å². The number of phenols is 1. The lowest BCUT2D eigenvalue weighted by atomic mass is 10.3. The number of carbonyl (C=O) groups is 1. The molecule has 1 amide bonds. The number of aromatic hydroxyl groups is 1. The largest absolute Gasteiger partial charge is 0.508 e. The Bertz CT molecular complexity index is 311. The smallest absolute Gasteiger partial charge is 0.283 e. The van der Waals surface area contributed by atoms with E-state index in [1.165, 1.54) is 0 Å². The SMILES string of the molecule is CCCCNC(=O)Sc1ccc(O)cc1. The van der Waals surface area contributed by atoms with Crippen molar-refractivity contribution in [2.24, 2.45) is 0 Å². The van der Waals surface area contributed by atoms with Crippen LogP contribution in [0.15, 0.2) is 29.2 Å². The molecule has 1 rings (SSSR count). The topological polar surface area (TPSA) is 49.3 Å². The zero-order valence-electron chi connectivity index (χ0n) is 8.69. The quantitative estimate of drug-likeness (QED) is 0.611. The fourth-order valence-corrected chi connectivity index (χ4v) is 1.69. The molecule has 0 unspecified atom stereocenters. The summed E-state index contributed by atoms with van der Waals surface area (Å²) < 4.78 is 0. The third-order valence-electron chi connectivity index (χ3n) is 1.85. The van der Waals surface area contributed by atoms with Gasteiger partial charge in [0.25, 0.3) is 5.24 Å². The molecule has 0 saturated heterocycles. The second kappa shape index (κ2) is 6.35. The van der Waals surface area contributed by atoms with E-state index < -0.39 is 0 Å². The first-order valence-electron chi connectivity index (χ1n) is 4.97. The van der Waals surface area contributed by atoms with Crippen molar-refractivity contribution in [2.45, 2.75) is 24.7 Å². The molecule has 0 heterocycles. The van der Waals surface area contributed by atoms with E-state index in [9.17, 15) is 4.79 Å². The van der Waals surface area contributed by atoms with Crippen molar-refractivity contribution in [3.05, 3.63) is 24.3 Å². The van der Waals surface area contributed by atoms with Gasteiger partial charge in [0.2, 0.25) is 0 Å². The van der Waals surface area contributed by atoms with Crippen LogP contribution in [0, 0.1) is 0 Å². The number of nitrogens with one attached hydrogen (secondary N) is 1.